The number of anilines is 1. The molecule has 0 spiro atoms. The lowest BCUT2D eigenvalue weighted by atomic mass is 10.00. The molecule has 1 rings (SSSR count). The van der Waals surface area contributed by atoms with Gasteiger partial charge < -0.3 is 10.4 Å². The zero-order valence-electron chi connectivity index (χ0n) is 11.4. The van der Waals surface area contributed by atoms with Crippen LogP contribution in [0.15, 0.2) is 24.3 Å². The van der Waals surface area contributed by atoms with Gasteiger partial charge in [-0.05, 0) is 24.0 Å². The van der Waals surface area contributed by atoms with Crippen LogP contribution in [0.4, 0.5) is 5.69 Å². The first kappa shape index (κ1) is 14.6. The first-order chi connectivity index (χ1) is 8.56. The second-order valence-corrected chi connectivity index (χ2v) is 4.92. The Bertz CT molecular complexity index is 388. The number of carbonyl (C=O) groups is 1. The number of aliphatic carboxylic acids is 1. The van der Waals surface area contributed by atoms with E-state index in [-0.39, 0.29) is 0 Å². The summed E-state index contributed by atoms with van der Waals surface area (Å²) in [6, 6.07) is 7.43. The smallest absolute Gasteiger partial charge is 0.326 e. The van der Waals surface area contributed by atoms with E-state index in [4.69, 9.17) is 0 Å². The van der Waals surface area contributed by atoms with E-state index in [1.165, 1.54) is 5.56 Å². The van der Waals surface area contributed by atoms with Gasteiger partial charge in [0.2, 0.25) is 0 Å². The average Bonchev–Trinajstić information content (AvgIpc) is 2.34. The van der Waals surface area contributed by atoms with E-state index in [1.54, 1.807) is 0 Å². The predicted octanol–water partition coefficient (Wildman–Crippen LogP) is 3.87. The molecule has 100 valence electrons. The molecule has 2 N–H and O–H groups in total. The van der Waals surface area contributed by atoms with E-state index in [0.717, 1.165) is 18.5 Å². The Hall–Kier alpha value is -1.51. The fraction of sp³-hybridized carbons (Fsp3) is 0.533. The summed E-state index contributed by atoms with van der Waals surface area (Å²) in [6.07, 6.45) is 2.60. The first-order valence-electron chi connectivity index (χ1n) is 6.64. The lowest BCUT2D eigenvalue weighted by Gasteiger charge is -2.19. The van der Waals surface area contributed by atoms with Gasteiger partial charge in [0.1, 0.15) is 6.04 Å². The zero-order chi connectivity index (χ0) is 13.5. The molecule has 3 nitrogen and oxygen atoms in total. The van der Waals surface area contributed by atoms with Crippen molar-refractivity contribution >= 4 is 11.7 Å². The molecule has 1 atom stereocenters. The van der Waals surface area contributed by atoms with E-state index in [2.05, 4.69) is 26.1 Å². The maximum absolute atomic E-state index is 11.2. The molecule has 0 fully saturated rings. The number of carboxylic acids is 1. The summed E-state index contributed by atoms with van der Waals surface area (Å²) in [5, 5.41) is 12.4. The van der Waals surface area contributed by atoms with Crippen LogP contribution >= 0.6 is 0 Å². The molecule has 0 aliphatic carbocycles. The number of carboxylic acid groups (broad SMARTS) is 1. The summed E-state index contributed by atoms with van der Waals surface area (Å²) < 4.78 is 0. The minimum absolute atomic E-state index is 0.384. The highest BCUT2D eigenvalue weighted by atomic mass is 16.4. The molecule has 1 aromatic rings. The van der Waals surface area contributed by atoms with Crippen LogP contribution in [0.5, 0.6) is 0 Å². The third-order valence-corrected chi connectivity index (χ3v) is 3.06. The van der Waals surface area contributed by atoms with E-state index in [9.17, 15) is 9.90 Å². The van der Waals surface area contributed by atoms with Gasteiger partial charge in [-0.1, -0.05) is 51.8 Å². The number of unbranched alkanes of at least 4 members (excludes halogenated alkanes) is 1. The lowest BCUT2D eigenvalue weighted by Crippen LogP contribution is -2.29. The molecular formula is C15H23NO2. The molecular weight excluding hydrogens is 226 g/mol. The summed E-state index contributed by atoms with van der Waals surface area (Å²) in [4.78, 5) is 11.2. The second kappa shape index (κ2) is 7.04. The number of benzene rings is 1. The van der Waals surface area contributed by atoms with Gasteiger partial charge in [-0.15, -0.1) is 0 Å². The zero-order valence-corrected chi connectivity index (χ0v) is 11.4. The van der Waals surface area contributed by atoms with E-state index in [1.807, 2.05) is 24.3 Å². The van der Waals surface area contributed by atoms with Crippen molar-refractivity contribution in [3.05, 3.63) is 29.8 Å². The Morgan fingerprint density at radius 1 is 1.33 bits per heavy atom. The van der Waals surface area contributed by atoms with Crippen LogP contribution in [0.2, 0.25) is 0 Å². The average molecular weight is 249 g/mol. The topological polar surface area (TPSA) is 49.3 Å². The Kier molecular flexibility index (Phi) is 5.69. The van der Waals surface area contributed by atoms with Gasteiger partial charge in [0.25, 0.3) is 0 Å². The number of para-hydroxylation sites is 1. The van der Waals surface area contributed by atoms with Crippen LogP contribution in [0.25, 0.3) is 0 Å². The van der Waals surface area contributed by atoms with Crippen LogP contribution in [0.1, 0.15) is 51.5 Å². The van der Waals surface area contributed by atoms with Crippen LogP contribution in [0, 0.1) is 0 Å². The normalized spacial score (nSPS) is 12.4. The van der Waals surface area contributed by atoms with Crippen molar-refractivity contribution in [3.63, 3.8) is 0 Å². The molecule has 0 saturated carbocycles. The van der Waals surface area contributed by atoms with Gasteiger partial charge >= 0.3 is 5.97 Å². The molecule has 3 heteroatoms. The molecule has 1 aromatic carbocycles. The van der Waals surface area contributed by atoms with Crippen molar-refractivity contribution in [1.82, 2.24) is 0 Å². The van der Waals surface area contributed by atoms with Crippen LogP contribution in [-0.4, -0.2) is 17.1 Å². The van der Waals surface area contributed by atoms with Gasteiger partial charge in [-0.2, -0.15) is 0 Å². The Labute approximate surface area is 109 Å². The monoisotopic (exact) mass is 249 g/mol. The highest BCUT2D eigenvalue weighted by Crippen LogP contribution is 2.25. The highest BCUT2D eigenvalue weighted by molar-refractivity contribution is 5.77. The van der Waals surface area contributed by atoms with Gasteiger partial charge in [0.15, 0.2) is 0 Å². The highest BCUT2D eigenvalue weighted by Gasteiger charge is 2.18. The number of rotatable bonds is 7. The summed E-state index contributed by atoms with van der Waals surface area (Å²) >= 11 is 0. The molecule has 0 bridgehead atoms. The van der Waals surface area contributed by atoms with Crippen molar-refractivity contribution in [2.75, 3.05) is 5.32 Å². The first-order valence-corrected chi connectivity index (χ1v) is 6.64. The summed E-state index contributed by atoms with van der Waals surface area (Å²) in [5.74, 6) is -0.392. The fourth-order valence-electron chi connectivity index (χ4n) is 1.99. The molecule has 0 heterocycles. The van der Waals surface area contributed by atoms with Gasteiger partial charge in [-0.3, -0.25) is 0 Å². The number of hydrogen-bond acceptors (Lipinski definition) is 2. The quantitative estimate of drug-likeness (QED) is 0.771. The lowest BCUT2D eigenvalue weighted by molar-refractivity contribution is -0.138. The third-order valence-electron chi connectivity index (χ3n) is 3.06. The molecule has 0 aromatic heterocycles. The number of nitrogens with one attached hydrogen (secondary N) is 1. The molecule has 0 aliphatic rings. The summed E-state index contributed by atoms with van der Waals surface area (Å²) in [5.41, 5.74) is 2.11. The maximum Gasteiger partial charge on any atom is 0.326 e. The van der Waals surface area contributed by atoms with Crippen molar-refractivity contribution in [1.29, 1.82) is 0 Å². The fourth-order valence-corrected chi connectivity index (χ4v) is 1.99. The molecule has 0 amide bonds. The summed E-state index contributed by atoms with van der Waals surface area (Å²) in [6.45, 7) is 6.30. The van der Waals surface area contributed by atoms with Gasteiger partial charge in [0.05, 0.1) is 0 Å². The Morgan fingerprint density at radius 2 is 2.00 bits per heavy atom. The van der Waals surface area contributed by atoms with Crippen LogP contribution in [-0.2, 0) is 4.79 Å². The Balaban J connectivity index is 2.83. The predicted molar refractivity (Wildman–Crippen MR) is 75.1 cm³/mol. The third kappa shape index (κ3) is 4.06. The molecule has 18 heavy (non-hydrogen) atoms. The standard InChI is InChI=1S/C15H23NO2/c1-4-5-9-14(15(17)18)16-13-10-7-6-8-12(13)11(2)3/h6-8,10-11,14,16H,4-5,9H2,1-3H3,(H,17,18). The van der Waals surface area contributed by atoms with Crippen LogP contribution in [0.3, 0.4) is 0 Å². The van der Waals surface area contributed by atoms with E-state index in [0.29, 0.717) is 12.3 Å². The van der Waals surface area contributed by atoms with Crippen molar-refractivity contribution in [3.8, 4) is 0 Å². The maximum atomic E-state index is 11.2. The summed E-state index contributed by atoms with van der Waals surface area (Å²) in [7, 11) is 0. The SMILES string of the molecule is CCCCC(Nc1ccccc1C(C)C)C(=O)O. The van der Waals surface area contributed by atoms with Crippen LogP contribution < -0.4 is 5.32 Å². The van der Waals surface area contributed by atoms with Crippen molar-refractivity contribution in [2.24, 2.45) is 0 Å². The molecule has 1 unspecified atom stereocenters. The van der Waals surface area contributed by atoms with Crippen molar-refractivity contribution in [2.45, 2.75) is 52.0 Å². The van der Waals surface area contributed by atoms with Crippen molar-refractivity contribution < 1.29 is 9.90 Å². The number of hydrogen-bond donors (Lipinski definition) is 2. The van der Waals surface area contributed by atoms with Gasteiger partial charge in [-0.25, -0.2) is 4.79 Å². The Morgan fingerprint density at radius 3 is 2.56 bits per heavy atom. The van der Waals surface area contributed by atoms with E-state index >= 15 is 0 Å². The van der Waals surface area contributed by atoms with E-state index < -0.39 is 12.0 Å². The largest absolute Gasteiger partial charge is 0.480 e. The molecule has 0 aliphatic heterocycles. The second-order valence-electron chi connectivity index (χ2n) is 4.92. The molecule has 0 saturated heterocycles. The minimum atomic E-state index is -0.776. The minimum Gasteiger partial charge on any atom is -0.480 e. The molecule has 0 radical (unpaired) electrons. The van der Waals surface area contributed by atoms with Gasteiger partial charge in [0, 0.05) is 5.69 Å².